The number of benzene rings is 3. The first kappa shape index (κ1) is 33.6. The number of aryl methyl sites for hydroxylation is 1. The number of fused-ring (bicyclic) bond motifs is 1. The molecule has 1 aromatic heterocycles. The lowest BCUT2D eigenvalue weighted by Crippen LogP contribution is -2.69. The number of unbranched alkanes of at least 4 members (excludes halogenated alkanes) is 1. The van der Waals surface area contributed by atoms with Crippen LogP contribution in [0.1, 0.15) is 57.6 Å². The zero-order valence-electron chi connectivity index (χ0n) is 28.9. The van der Waals surface area contributed by atoms with Crippen molar-refractivity contribution < 1.29 is 9.16 Å². The summed E-state index contributed by atoms with van der Waals surface area (Å²) >= 11 is 0. The maximum atomic E-state index is 7.67. The van der Waals surface area contributed by atoms with Crippen LogP contribution < -0.4 is 15.1 Å². The van der Waals surface area contributed by atoms with E-state index < -0.39 is 8.32 Å². The van der Waals surface area contributed by atoms with Crippen LogP contribution in [-0.2, 0) is 17.3 Å². The Bertz CT molecular complexity index is 1470. The zero-order chi connectivity index (χ0) is 32.7. The van der Waals surface area contributed by atoms with Crippen molar-refractivity contribution in [1.82, 2.24) is 14.8 Å². The molecule has 3 atom stereocenters. The van der Waals surface area contributed by atoms with E-state index in [1.807, 2.05) is 12.4 Å². The average Bonchev–Trinajstić information content (AvgIpc) is 3.10. The Morgan fingerprint density at radius 1 is 0.787 bits per heavy atom. The number of hydrogen-bond acceptors (Lipinski definition) is 5. The average molecular weight is 648 g/mol. The quantitative estimate of drug-likeness (QED) is 0.126. The molecule has 248 valence electrons. The molecule has 5 nitrogen and oxygen atoms in total. The Kier molecular flexibility index (Phi) is 10.9. The summed E-state index contributed by atoms with van der Waals surface area (Å²) in [6.45, 7) is 11.6. The number of piperazine rings is 1. The number of piperidine rings is 1. The summed E-state index contributed by atoms with van der Waals surface area (Å²) in [6, 6.07) is 36.3. The van der Waals surface area contributed by atoms with Gasteiger partial charge >= 0.3 is 0 Å². The van der Waals surface area contributed by atoms with E-state index in [0.29, 0.717) is 12.1 Å². The van der Waals surface area contributed by atoms with Gasteiger partial charge in [-0.3, -0.25) is 14.8 Å². The highest BCUT2D eigenvalue weighted by molar-refractivity contribution is 6.99. The summed E-state index contributed by atoms with van der Waals surface area (Å²) in [5.74, 6) is 0.924. The monoisotopic (exact) mass is 647 g/mol. The van der Waals surface area contributed by atoms with Gasteiger partial charge in [-0.2, -0.15) is 0 Å². The molecule has 0 aliphatic carbocycles. The second-order valence-electron chi connectivity index (χ2n) is 14.6. The van der Waals surface area contributed by atoms with Gasteiger partial charge < -0.3 is 9.16 Å². The highest BCUT2D eigenvalue weighted by atomic mass is 28.4. The molecule has 0 N–H and O–H groups in total. The highest BCUT2D eigenvalue weighted by Crippen LogP contribution is 2.39. The lowest BCUT2D eigenvalue weighted by molar-refractivity contribution is -0.0255. The molecule has 2 fully saturated rings. The van der Waals surface area contributed by atoms with Crippen LogP contribution in [-0.4, -0.2) is 74.6 Å². The Morgan fingerprint density at radius 3 is 2.06 bits per heavy atom. The van der Waals surface area contributed by atoms with Crippen molar-refractivity contribution >= 4 is 18.7 Å². The first-order valence-electron chi connectivity index (χ1n) is 17.6. The third kappa shape index (κ3) is 7.89. The van der Waals surface area contributed by atoms with Crippen molar-refractivity contribution in [3.05, 3.63) is 121 Å². The number of nitrogens with zero attached hydrogens (tertiary/aromatic N) is 3. The number of ether oxygens (including phenoxy) is 1. The third-order valence-corrected chi connectivity index (χ3v) is 15.6. The number of hydrogen-bond donors (Lipinski definition) is 0. The molecule has 3 heterocycles. The van der Waals surface area contributed by atoms with Crippen molar-refractivity contribution in [2.75, 3.05) is 33.3 Å². The summed E-state index contributed by atoms with van der Waals surface area (Å²) in [4.78, 5) is 9.79. The number of rotatable bonds is 12. The summed E-state index contributed by atoms with van der Waals surface area (Å²) in [6.07, 6.45) is 10.8. The summed E-state index contributed by atoms with van der Waals surface area (Å²) < 4.78 is 13.1. The first-order valence-corrected chi connectivity index (χ1v) is 19.6. The van der Waals surface area contributed by atoms with Crippen LogP contribution in [0.2, 0.25) is 5.04 Å². The van der Waals surface area contributed by atoms with Gasteiger partial charge in [0.1, 0.15) is 5.75 Å². The fraction of sp³-hybridized carbons (Fsp3) is 0.439. The molecule has 0 saturated carbocycles. The fourth-order valence-corrected chi connectivity index (χ4v) is 12.8. The third-order valence-electron chi connectivity index (χ3n) is 10.5. The fourth-order valence-electron chi connectivity index (χ4n) is 8.04. The second-order valence-corrected chi connectivity index (χ2v) is 18.8. The zero-order valence-corrected chi connectivity index (χ0v) is 29.9. The molecule has 0 unspecified atom stereocenters. The molecule has 2 aliphatic heterocycles. The minimum atomic E-state index is -2.59. The van der Waals surface area contributed by atoms with Gasteiger partial charge in [0.25, 0.3) is 8.32 Å². The van der Waals surface area contributed by atoms with E-state index in [2.05, 4.69) is 133 Å². The smallest absolute Gasteiger partial charge is 0.261 e. The maximum absolute atomic E-state index is 7.67. The predicted octanol–water partition coefficient (Wildman–Crippen LogP) is 6.75. The number of methoxy groups -OCH3 is 1. The van der Waals surface area contributed by atoms with Crippen molar-refractivity contribution in [2.45, 2.75) is 82.5 Å². The van der Waals surface area contributed by atoms with Crippen LogP contribution >= 0.6 is 0 Å². The normalized spacial score (nSPS) is 20.9. The van der Waals surface area contributed by atoms with Gasteiger partial charge in [0.2, 0.25) is 0 Å². The van der Waals surface area contributed by atoms with E-state index in [9.17, 15) is 0 Å². The summed E-state index contributed by atoms with van der Waals surface area (Å²) in [5, 5.41) is 2.74. The molecular weight excluding hydrogens is 595 g/mol. The molecule has 4 aromatic rings. The van der Waals surface area contributed by atoms with Crippen LogP contribution in [0.3, 0.4) is 0 Å². The molecule has 0 bridgehead atoms. The molecule has 2 saturated heterocycles. The molecule has 0 radical (unpaired) electrons. The Hall–Kier alpha value is -3.29. The van der Waals surface area contributed by atoms with Crippen molar-refractivity contribution in [3.63, 3.8) is 0 Å². The van der Waals surface area contributed by atoms with Gasteiger partial charge in [0.15, 0.2) is 0 Å². The predicted molar refractivity (Wildman–Crippen MR) is 196 cm³/mol. The minimum Gasteiger partial charge on any atom is -0.497 e. The molecule has 6 heteroatoms. The molecule has 0 amide bonds. The van der Waals surface area contributed by atoms with E-state index >= 15 is 0 Å². The van der Waals surface area contributed by atoms with Crippen LogP contribution in [0.5, 0.6) is 5.75 Å². The van der Waals surface area contributed by atoms with Gasteiger partial charge in [-0.1, -0.05) is 93.6 Å². The van der Waals surface area contributed by atoms with Crippen molar-refractivity contribution in [1.29, 1.82) is 0 Å². The lowest BCUT2D eigenvalue weighted by atomic mass is 9.92. The maximum Gasteiger partial charge on any atom is 0.261 e. The Balaban J connectivity index is 1.20. The van der Waals surface area contributed by atoms with Crippen LogP contribution in [0, 0.1) is 0 Å². The van der Waals surface area contributed by atoms with E-state index in [1.165, 1.54) is 34.3 Å². The largest absolute Gasteiger partial charge is 0.497 e. The molecule has 0 spiro atoms. The summed E-state index contributed by atoms with van der Waals surface area (Å²) in [7, 11) is -0.847. The van der Waals surface area contributed by atoms with E-state index in [0.717, 1.165) is 57.6 Å². The van der Waals surface area contributed by atoms with Gasteiger partial charge in [-0.15, -0.1) is 0 Å². The van der Waals surface area contributed by atoms with Gasteiger partial charge in [-0.25, -0.2) is 0 Å². The van der Waals surface area contributed by atoms with Crippen LogP contribution in [0.4, 0.5) is 0 Å². The number of pyridine rings is 1. The molecular formula is C41H53N3O2Si. The summed E-state index contributed by atoms with van der Waals surface area (Å²) in [5.41, 5.74) is 2.77. The van der Waals surface area contributed by atoms with Crippen LogP contribution in [0.15, 0.2) is 109 Å². The van der Waals surface area contributed by atoms with E-state index in [4.69, 9.17) is 9.16 Å². The highest BCUT2D eigenvalue weighted by Gasteiger charge is 2.52. The Labute approximate surface area is 284 Å². The molecule has 2 aliphatic rings. The second kappa shape index (κ2) is 15.3. The topological polar surface area (TPSA) is 37.8 Å². The standard InChI is InChI=1S/C41H53N3O2Si/c1-41(2,3)47(39-14-7-5-8-15-39,40-16-9-6-10-17-40)46-38-24-28-44-31-35(29-34-18-20-37(45-4)21-19-34)43(32-36(44)30-38)27-12-11-13-33-22-25-42-26-23-33/h5-10,14-23,25-26,35-36,38H,11-13,24,27-32H2,1-4H3/t35-,36+,38-/m0/s1. The molecule has 3 aromatic carbocycles. The van der Waals surface area contributed by atoms with Gasteiger partial charge in [-0.05, 0) is 95.9 Å². The molecule has 6 rings (SSSR count). The number of aromatic nitrogens is 1. The first-order chi connectivity index (χ1) is 22.9. The SMILES string of the molecule is COc1ccc(C[C@H]2CN3CC[C@H](O[Si](c4ccccc4)(c4ccccc4)C(C)(C)C)C[C@@H]3CN2CCCCc2ccncc2)cc1. The van der Waals surface area contributed by atoms with Crippen LogP contribution in [0.25, 0.3) is 0 Å². The van der Waals surface area contributed by atoms with E-state index in [-0.39, 0.29) is 11.1 Å². The van der Waals surface area contributed by atoms with Gasteiger partial charge in [0, 0.05) is 50.2 Å². The van der Waals surface area contributed by atoms with Crippen molar-refractivity contribution in [2.24, 2.45) is 0 Å². The van der Waals surface area contributed by atoms with Gasteiger partial charge in [0.05, 0.1) is 7.11 Å². The Morgan fingerprint density at radius 2 is 1.45 bits per heavy atom. The van der Waals surface area contributed by atoms with Crippen molar-refractivity contribution in [3.8, 4) is 5.75 Å². The van der Waals surface area contributed by atoms with E-state index in [1.54, 1.807) is 7.11 Å². The lowest BCUT2D eigenvalue weighted by Gasteiger charge is -2.52. The minimum absolute atomic E-state index is 0.0102. The molecule has 47 heavy (non-hydrogen) atoms.